The first-order valence-electron chi connectivity index (χ1n) is 7.34. The molecule has 0 bridgehead atoms. The molecule has 0 saturated carbocycles. The zero-order valence-electron chi connectivity index (χ0n) is 12.7. The van der Waals surface area contributed by atoms with Gasteiger partial charge in [-0.1, -0.05) is 39.0 Å². The van der Waals surface area contributed by atoms with Crippen molar-refractivity contribution in [1.29, 1.82) is 0 Å². The minimum atomic E-state index is -3.30. The van der Waals surface area contributed by atoms with Gasteiger partial charge in [0.2, 0.25) is 10.0 Å². The topological polar surface area (TPSA) is 37.4 Å². The molecule has 1 aromatic carbocycles. The van der Waals surface area contributed by atoms with Crippen LogP contribution in [-0.4, -0.2) is 25.8 Å². The van der Waals surface area contributed by atoms with Crippen molar-refractivity contribution in [3.05, 3.63) is 30.3 Å². The molecule has 0 amide bonds. The van der Waals surface area contributed by atoms with Crippen molar-refractivity contribution in [3.63, 3.8) is 0 Å². The van der Waals surface area contributed by atoms with Gasteiger partial charge < -0.3 is 0 Å². The highest BCUT2D eigenvalue weighted by Crippen LogP contribution is 2.32. The molecule has 0 unspecified atom stereocenters. The molecule has 1 saturated heterocycles. The van der Waals surface area contributed by atoms with Gasteiger partial charge in [0.15, 0.2) is 0 Å². The molecule has 3 nitrogen and oxygen atoms in total. The van der Waals surface area contributed by atoms with Gasteiger partial charge in [0.1, 0.15) is 0 Å². The van der Waals surface area contributed by atoms with Crippen LogP contribution in [0, 0.1) is 11.3 Å². The van der Waals surface area contributed by atoms with E-state index in [0.717, 1.165) is 12.8 Å². The normalized spacial score (nSPS) is 19.1. The smallest absolute Gasteiger partial charge is 0.207 e. The summed E-state index contributed by atoms with van der Waals surface area (Å²) < 4.78 is 26.7. The van der Waals surface area contributed by atoms with Gasteiger partial charge in [-0.3, -0.25) is 0 Å². The van der Waals surface area contributed by atoms with E-state index in [9.17, 15) is 8.42 Å². The fourth-order valence-corrected chi connectivity index (χ4v) is 4.45. The highest BCUT2D eigenvalue weighted by Gasteiger charge is 2.30. The molecule has 1 aliphatic rings. The molecule has 1 heterocycles. The molecule has 0 N–H and O–H groups in total. The van der Waals surface area contributed by atoms with Crippen LogP contribution < -0.4 is 0 Å². The number of piperidine rings is 1. The fourth-order valence-electron chi connectivity index (χ4n) is 2.96. The van der Waals surface area contributed by atoms with E-state index in [1.807, 2.05) is 6.07 Å². The van der Waals surface area contributed by atoms with Crippen LogP contribution in [0.1, 0.15) is 40.0 Å². The van der Waals surface area contributed by atoms with Crippen LogP contribution in [0.5, 0.6) is 0 Å². The summed E-state index contributed by atoms with van der Waals surface area (Å²) >= 11 is 0. The summed E-state index contributed by atoms with van der Waals surface area (Å²) in [5.41, 5.74) is 0.325. The Hall–Kier alpha value is -0.870. The van der Waals surface area contributed by atoms with Crippen molar-refractivity contribution in [2.75, 3.05) is 13.1 Å². The van der Waals surface area contributed by atoms with Crippen molar-refractivity contribution in [2.24, 2.45) is 11.3 Å². The molecule has 20 heavy (non-hydrogen) atoms. The second kappa shape index (κ2) is 5.86. The first kappa shape index (κ1) is 15.5. The lowest BCUT2D eigenvalue weighted by atomic mass is 9.81. The largest absolute Gasteiger partial charge is 0.243 e. The van der Waals surface area contributed by atoms with Crippen molar-refractivity contribution in [1.82, 2.24) is 4.31 Å². The maximum Gasteiger partial charge on any atom is 0.243 e. The van der Waals surface area contributed by atoms with E-state index in [4.69, 9.17) is 0 Å². The highest BCUT2D eigenvalue weighted by molar-refractivity contribution is 7.89. The number of nitrogens with zero attached hydrogens (tertiary/aromatic N) is 1. The van der Waals surface area contributed by atoms with Gasteiger partial charge in [0.25, 0.3) is 0 Å². The lowest BCUT2D eigenvalue weighted by Gasteiger charge is -2.34. The van der Waals surface area contributed by atoms with E-state index >= 15 is 0 Å². The molecule has 112 valence electrons. The molecular weight excluding hydrogens is 270 g/mol. The molecule has 1 aliphatic heterocycles. The summed E-state index contributed by atoms with van der Waals surface area (Å²) in [5.74, 6) is 0.650. The third-order valence-electron chi connectivity index (χ3n) is 3.86. The fraction of sp³-hybridized carbons (Fsp3) is 0.625. The van der Waals surface area contributed by atoms with Crippen molar-refractivity contribution in [3.8, 4) is 0 Å². The lowest BCUT2D eigenvalue weighted by Crippen LogP contribution is -2.39. The molecule has 2 rings (SSSR count). The minimum Gasteiger partial charge on any atom is -0.207 e. The predicted molar refractivity (Wildman–Crippen MR) is 82.0 cm³/mol. The van der Waals surface area contributed by atoms with E-state index in [0.29, 0.717) is 29.3 Å². The summed E-state index contributed by atoms with van der Waals surface area (Å²) in [6.07, 6.45) is 3.12. The number of hydrogen-bond donors (Lipinski definition) is 0. The van der Waals surface area contributed by atoms with Crippen LogP contribution in [0.2, 0.25) is 0 Å². The van der Waals surface area contributed by atoms with Crippen LogP contribution in [-0.2, 0) is 10.0 Å². The van der Waals surface area contributed by atoms with E-state index in [-0.39, 0.29) is 0 Å². The summed E-state index contributed by atoms with van der Waals surface area (Å²) in [5, 5.41) is 0. The monoisotopic (exact) mass is 295 g/mol. The second-order valence-corrected chi connectivity index (χ2v) is 8.86. The Morgan fingerprint density at radius 3 is 2.15 bits per heavy atom. The quantitative estimate of drug-likeness (QED) is 0.855. The molecule has 0 aromatic heterocycles. The van der Waals surface area contributed by atoms with Gasteiger partial charge in [0, 0.05) is 13.1 Å². The first-order chi connectivity index (χ1) is 9.29. The SMILES string of the molecule is CC(C)(C)CC1CCN(S(=O)(=O)c2ccccc2)CC1. The Bertz CT molecular complexity index is 523. The minimum absolute atomic E-state index is 0.325. The second-order valence-electron chi connectivity index (χ2n) is 6.93. The Balaban J connectivity index is 2.01. The van der Waals surface area contributed by atoms with E-state index in [1.54, 1.807) is 28.6 Å². The van der Waals surface area contributed by atoms with E-state index < -0.39 is 10.0 Å². The summed E-state index contributed by atoms with van der Waals surface area (Å²) in [4.78, 5) is 0.411. The average molecular weight is 295 g/mol. The van der Waals surface area contributed by atoms with Crippen LogP contribution in [0.25, 0.3) is 0 Å². The number of sulfonamides is 1. The van der Waals surface area contributed by atoms with Gasteiger partial charge in [0.05, 0.1) is 4.90 Å². The van der Waals surface area contributed by atoms with Gasteiger partial charge in [-0.05, 0) is 42.7 Å². The van der Waals surface area contributed by atoms with Crippen LogP contribution >= 0.6 is 0 Å². The maximum absolute atomic E-state index is 12.5. The van der Waals surface area contributed by atoms with Crippen molar-refractivity contribution in [2.45, 2.75) is 44.9 Å². The number of benzene rings is 1. The zero-order valence-corrected chi connectivity index (χ0v) is 13.5. The average Bonchev–Trinajstić information content (AvgIpc) is 2.38. The van der Waals surface area contributed by atoms with Crippen molar-refractivity contribution >= 4 is 10.0 Å². The van der Waals surface area contributed by atoms with Crippen LogP contribution in [0.4, 0.5) is 0 Å². The molecular formula is C16H25NO2S. The summed E-state index contributed by atoms with van der Waals surface area (Å²) in [6.45, 7) is 8.05. The van der Waals surface area contributed by atoms with Gasteiger partial charge in [-0.15, -0.1) is 0 Å². The Labute approximate surface area is 123 Å². The molecule has 0 spiro atoms. The molecule has 0 radical (unpaired) electrons. The van der Waals surface area contributed by atoms with Crippen LogP contribution in [0.15, 0.2) is 35.2 Å². The zero-order chi connectivity index (χ0) is 14.8. The Morgan fingerprint density at radius 2 is 1.65 bits per heavy atom. The predicted octanol–water partition coefficient (Wildman–Crippen LogP) is 3.52. The summed E-state index contributed by atoms with van der Waals surface area (Å²) in [7, 11) is -3.30. The van der Waals surface area contributed by atoms with Crippen LogP contribution in [0.3, 0.4) is 0 Å². The molecule has 4 heteroatoms. The third kappa shape index (κ3) is 3.83. The van der Waals surface area contributed by atoms with Gasteiger partial charge in [-0.25, -0.2) is 8.42 Å². The van der Waals surface area contributed by atoms with Gasteiger partial charge in [-0.2, -0.15) is 4.31 Å². The molecule has 1 fully saturated rings. The Kier molecular flexibility index (Phi) is 4.55. The highest BCUT2D eigenvalue weighted by atomic mass is 32.2. The molecule has 0 atom stereocenters. The van der Waals surface area contributed by atoms with Crippen molar-refractivity contribution < 1.29 is 8.42 Å². The Morgan fingerprint density at radius 1 is 1.10 bits per heavy atom. The summed E-state index contributed by atoms with van der Waals surface area (Å²) in [6, 6.07) is 8.75. The molecule has 1 aromatic rings. The number of hydrogen-bond acceptors (Lipinski definition) is 2. The maximum atomic E-state index is 12.5. The van der Waals surface area contributed by atoms with E-state index in [2.05, 4.69) is 20.8 Å². The standard InChI is InChI=1S/C16H25NO2S/c1-16(2,3)13-14-9-11-17(12-10-14)20(18,19)15-7-5-4-6-8-15/h4-8,14H,9-13H2,1-3H3. The molecule has 0 aliphatic carbocycles. The van der Waals surface area contributed by atoms with E-state index in [1.165, 1.54) is 6.42 Å². The number of rotatable bonds is 3. The van der Waals surface area contributed by atoms with Gasteiger partial charge >= 0.3 is 0 Å². The first-order valence-corrected chi connectivity index (χ1v) is 8.78. The lowest BCUT2D eigenvalue weighted by molar-refractivity contribution is 0.207. The third-order valence-corrected chi connectivity index (χ3v) is 5.77.